The minimum Gasteiger partial charge on any atom is -0.224 e. The van der Waals surface area contributed by atoms with Gasteiger partial charge in [0.25, 0.3) is 0 Å². The normalized spacial score (nSPS) is 12.9. The van der Waals surface area contributed by atoms with E-state index in [4.69, 9.17) is 0 Å². The van der Waals surface area contributed by atoms with Crippen molar-refractivity contribution in [2.45, 2.75) is 11.1 Å². The molecule has 0 radical (unpaired) electrons. The molecule has 0 amide bonds. The molecule has 2 rings (SSSR count). The van der Waals surface area contributed by atoms with Gasteiger partial charge in [-0.05, 0) is 17.5 Å². The number of halogens is 3. The van der Waals surface area contributed by atoms with E-state index in [-0.39, 0.29) is 15.7 Å². The Balaban J connectivity index is 2.91. The van der Waals surface area contributed by atoms with Crippen LogP contribution in [0.1, 0.15) is 5.56 Å². The highest BCUT2D eigenvalue weighted by Gasteiger charge is 2.32. The fourth-order valence-electron chi connectivity index (χ4n) is 1.85. The minimum absolute atomic E-state index is 0.0916. The summed E-state index contributed by atoms with van der Waals surface area (Å²) in [5, 5.41) is -0.0113. The SMILES string of the molecule is CS(=O)(=O)c1cccc2c(C(F)(F)F)cccc12. The molecule has 0 aromatic heterocycles. The molecule has 0 N–H and O–H groups in total. The Morgan fingerprint density at radius 2 is 1.50 bits per heavy atom. The summed E-state index contributed by atoms with van der Waals surface area (Å²) in [5.74, 6) is 0. The summed E-state index contributed by atoms with van der Waals surface area (Å²) in [7, 11) is -3.56. The minimum atomic E-state index is -4.50. The van der Waals surface area contributed by atoms with Crippen LogP contribution in [-0.4, -0.2) is 14.7 Å². The molecule has 6 heteroatoms. The predicted octanol–water partition coefficient (Wildman–Crippen LogP) is 3.26. The van der Waals surface area contributed by atoms with Crippen LogP contribution in [0.25, 0.3) is 10.8 Å². The standard InChI is InChI=1S/C12H9F3O2S/c1-18(16,17)11-7-3-4-8-9(11)5-2-6-10(8)12(13,14)15/h2-7H,1H3. The molecule has 0 saturated carbocycles. The van der Waals surface area contributed by atoms with Crippen molar-refractivity contribution in [3.05, 3.63) is 42.0 Å². The Labute approximate surface area is 102 Å². The number of rotatable bonds is 1. The lowest BCUT2D eigenvalue weighted by Crippen LogP contribution is -2.06. The molecule has 18 heavy (non-hydrogen) atoms. The lowest BCUT2D eigenvalue weighted by molar-refractivity contribution is -0.136. The first-order valence-corrected chi connectivity index (χ1v) is 6.89. The molecule has 0 saturated heterocycles. The van der Waals surface area contributed by atoms with Gasteiger partial charge >= 0.3 is 6.18 Å². The fraction of sp³-hybridized carbons (Fsp3) is 0.167. The highest BCUT2D eigenvalue weighted by Crippen LogP contribution is 2.36. The Morgan fingerprint density at radius 1 is 0.944 bits per heavy atom. The van der Waals surface area contributed by atoms with Crippen molar-refractivity contribution in [1.29, 1.82) is 0 Å². The van der Waals surface area contributed by atoms with E-state index in [1.165, 1.54) is 30.3 Å². The summed E-state index contributed by atoms with van der Waals surface area (Å²) in [6.45, 7) is 0. The lowest BCUT2D eigenvalue weighted by Gasteiger charge is -2.11. The Morgan fingerprint density at radius 3 is 2.06 bits per heavy atom. The van der Waals surface area contributed by atoms with Gasteiger partial charge in [0.15, 0.2) is 9.84 Å². The number of sulfone groups is 1. The van der Waals surface area contributed by atoms with Crippen LogP contribution in [0, 0.1) is 0 Å². The first kappa shape index (κ1) is 12.9. The van der Waals surface area contributed by atoms with Crippen LogP contribution in [0.3, 0.4) is 0 Å². The third kappa shape index (κ3) is 2.20. The molecule has 0 spiro atoms. The zero-order chi connectivity index (χ0) is 13.6. The van der Waals surface area contributed by atoms with E-state index in [1.807, 2.05) is 0 Å². The summed E-state index contributed by atoms with van der Waals surface area (Å²) in [5.41, 5.74) is -0.828. The molecule has 0 aliphatic heterocycles. The maximum absolute atomic E-state index is 12.8. The lowest BCUT2D eigenvalue weighted by atomic mass is 10.0. The van der Waals surface area contributed by atoms with Gasteiger partial charge in [0, 0.05) is 11.6 Å². The molecular formula is C12H9F3O2S. The molecule has 0 aliphatic carbocycles. The van der Waals surface area contributed by atoms with Gasteiger partial charge in [0.1, 0.15) is 0 Å². The predicted molar refractivity (Wildman–Crippen MR) is 62.1 cm³/mol. The maximum atomic E-state index is 12.8. The van der Waals surface area contributed by atoms with Crippen LogP contribution in [0.4, 0.5) is 13.2 Å². The highest BCUT2D eigenvalue weighted by molar-refractivity contribution is 7.91. The average Bonchev–Trinajstić information content (AvgIpc) is 2.24. The van der Waals surface area contributed by atoms with Crippen LogP contribution >= 0.6 is 0 Å². The van der Waals surface area contributed by atoms with Gasteiger partial charge in [-0.25, -0.2) is 8.42 Å². The van der Waals surface area contributed by atoms with Gasteiger partial charge in [-0.15, -0.1) is 0 Å². The molecule has 0 aliphatic rings. The second-order valence-corrected chi connectivity index (χ2v) is 5.91. The van der Waals surface area contributed by atoms with Crippen LogP contribution in [-0.2, 0) is 16.0 Å². The first-order chi connectivity index (χ1) is 8.21. The Hall–Kier alpha value is -1.56. The third-order valence-corrected chi connectivity index (χ3v) is 3.74. The number of benzene rings is 2. The smallest absolute Gasteiger partial charge is 0.224 e. The van der Waals surface area contributed by atoms with E-state index >= 15 is 0 Å². The van der Waals surface area contributed by atoms with Crippen LogP contribution in [0.15, 0.2) is 41.3 Å². The van der Waals surface area contributed by atoms with E-state index in [0.717, 1.165) is 12.3 Å². The van der Waals surface area contributed by atoms with Crippen LogP contribution < -0.4 is 0 Å². The van der Waals surface area contributed by atoms with Crippen molar-refractivity contribution < 1.29 is 21.6 Å². The number of fused-ring (bicyclic) bond motifs is 1. The van der Waals surface area contributed by atoms with Crippen molar-refractivity contribution in [2.24, 2.45) is 0 Å². The van der Waals surface area contributed by atoms with Gasteiger partial charge in [0.2, 0.25) is 0 Å². The Kier molecular flexibility index (Phi) is 2.85. The summed E-state index contributed by atoms with van der Waals surface area (Å²) in [6.07, 6.45) is -3.53. The molecular weight excluding hydrogens is 265 g/mol. The summed E-state index contributed by atoms with van der Waals surface area (Å²) in [6, 6.07) is 7.41. The molecule has 0 heterocycles. The van der Waals surface area contributed by atoms with Crippen LogP contribution in [0.5, 0.6) is 0 Å². The van der Waals surface area contributed by atoms with Gasteiger partial charge < -0.3 is 0 Å². The highest BCUT2D eigenvalue weighted by atomic mass is 32.2. The molecule has 96 valence electrons. The second kappa shape index (κ2) is 3.98. The van der Waals surface area contributed by atoms with E-state index < -0.39 is 21.6 Å². The average molecular weight is 274 g/mol. The van der Waals surface area contributed by atoms with Crippen molar-refractivity contribution >= 4 is 20.6 Å². The van der Waals surface area contributed by atoms with E-state index in [1.54, 1.807) is 0 Å². The monoisotopic (exact) mass is 274 g/mol. The van der Waals surface area contributed by atoms with E-state index in [0.29, 0.717) is 0 Å². The molecule has 2 aromatic rings. The largest absolute Gasteiger partial charge is 0.417 e. The molecule has 0 bridgehead atoms. The van der Waals surface area contributed by atoms with Crippen LogP contribution in [0.2, 0.25) is 0 Å². The van der Waals surface area contributed by atoms with E-state index in [9.17, 15) is 21.6 Å². The zero-order valence-corrected chi connectivity index (χ0v) is 10.1. The Bertz CT molecular complexity index is 703. The second-order valence-electron chi connectivity index (χ2n) is 3.93. The van der Waals surface area contributed by atoms with Gasteiger partial charge in [-0.3, -0.25) is 0 Å². The summed E-state index contributed by atoms with van der Waals surface area (Å²) in [4.78, 5) is -0.0916. The topological polar surface area (TPSA) is 34.1 Å². The molecule has 2 nitrogen and oxygen atoms in total. The molecule has 0 atom stereocenters. The number of alkyl halides is 3. The summed E-state index contributed by atoms with van der Waals surface area (Å²) < 4.78 is 61.4. The van der Waals surface area contributed by atoms with E-state index in [2.05, 4.69) is 0 Å². The van der Waals surface area contributed by atoms with Crippen molar-refractivity contribution in [3.8, 4) is 0 Å². The van der Waals surface area contributed by atoms with Gasteiger partial charge in [0.05, 0.1) is 10.5 Å². The van der Waals surface area contributed by atoms with Crippen molar-refractivity contribution in [2.75, 3.05) is 6.26 Å². The maximum Gasteiger partial charge on any atom is 0.417 e. The fourth-order valence-corrected chi connectivity index (χ4v) is 2.75. The first-order valence-electron chi connectivity index (χ1n) is 5.00. The molecule has 2 aromatic carbocycles. The molecule has 0 unspecified atom stereocenters. The van der Waals surface area contributed by atoms with Gasteiger partial charge in [-0.1, -0.05) is 24.3 Å². The van der Waals surface area contributed by atoms with Gasteiger partial charge in [-0.2, -0.15) is 13.2 Å². The zero-order valence-electron chi connectivity index (χ0n) is 9.32. The van der Waals surface area contributed by atoms with Crippen molar-refractivity contribution in [3.63, 3.8) is 0 Å². The van der Waals surface area contributed by atoms with Crippen molar-refractivity contribution in [1.82, 2.24) is 0 Å². The number of hydrogen-bond acceptors (Lipinski definition) is 2. The summed E-state index contributed by atoms with van der Waals surface area (Å²) >= 11 is 0. The molecule has 0 fully saturated rings. The quantitative estimate of drug-likeness (QED) is 0.800. The third-order valence-electron chi connectivity index (χ3n) is 2.59. The number of hydrogen-bond donors (Lipinski definition) is 0.